The summed E-state index contributed by atoms with van der Waals surface area (Å²) in [7, 11) is 0. The molecule has 5 rings (SSSR count). The monoisotopic (exact) mass is 351 g/mol. The largest absolute Gasteiger partial charge is 0.381 e. The minimum Gasteiger partial charge on any atom is -0.381 e. The van der Waals surface area contributed by atoms with Crippen molar-refractivity contribution in [2.24, 2.45) is 0 Å². The van der Waals surface area contributed by atoms with Gasteiger partial charge < -0.3 is 10.2 Å². The molecule has 1 aliphatic carbocycles. The van der Waals surface area contributed by atoms with E-state index in [9.17, 15) is 0 Å². The second-order valence-electron chi connectivity index (χ2n) is 7.50. The highest BCUT2D eigenvalue weighted by Crippen LogP contribution is 2.43. The van der Waals surface area contributed by atoms with Gasteiger partial charge in [-0.1, -0.05) is 25.8 Å². The second-order valence-corrected chi connectivity index (χ2v) is 7.50. The molecule has 2 aromatic rings. The maximum absolute atomic E-state index is 5.08. The molecule has 26 heavy (non-hydrogen) atoms. The van der Waals surface area contributed by atoms with E-state index in [1.54, 1.807) is 0 Å². The quantitative estimate of drug-likeness (QED) is 0.916. The van der Waals surface area contributed by atoms with Crippen LogP contribution in [0.4, 0.5) is 5.82 Å². The molecule has 2 atom stereocenters. The lowest BCUT2D eigenvalue weighted by Gasteiger charge is -2.41. The zero-order valence-electron chi connectivity index (χ0n) is 15.4. The first-order chi connectivity index (χ1) is 12.8. The summed E-state index contributed by atoms with van der Waals surface area (Å²) < 4.78 is 2.15. The molecular weight excluding hydrogens is 326 g/mol. The smallest absolute Gasteiger partial charge is 0.160 e. The Bertz CT molecular complexity index is 842. The molecule has 2 aromatic heterocycles. The van der Waals surface area contributed by atoms with Crippen LogP contribution in [0.1, 0.15) is 75.0 Å². The van der Waals surface area contributed by atoms with E-state index >= 15 is 0 Å². The van der Waals surface area contributed by atoms with Crippen LogP contribution in [0, 0.1) is 6.92 Å². The van der Waals surface area contributed by atoms with Gasteiger partial charge >= 0.3 is 0 Å². The number of aromatic nitrogens is 5. The fraction of sp³-hybridized carbons (Fsp3) is 0.579. The molecule has 0 saturated heterocycles. The maximum atomic E-state index is 5.08. The summed E-state index contributed by atoms with van der Waals surface area (Å²) >= 11 is 0. The molecule has 136 valence electrons. The third-order valence-corrected chi connectivity index (χ3v) is 5.94. The molecule has 0 aromatic carbocycles. The Morgan fingerprint density at radius 1 is 1.23 bits per heavy atom. The normalized spacial score (nSPS) is 24.6. The predicted molar refractivity (Wildman–Crippen MR) is 99.1 cm³/mol. The van der Waals surface area contributed by atoms with Gasteiger partial charge in [0.2, 0.25) is 0 Å². The zero-order chi connectivity index (χ0) is 17.7. The minimum absolute atomic E-state index is 0.175. The molecular formula is C19H25N7. The highest BCUT2D eigenvalue weighted by atomic mass is 15.4. The Morgan fingerprint density at radius 2 is 2.08 bits per heavy atom. The summed E-state index contributed by atoms with van der Waals surface area (Å²) in [4.78, 5) is 12.3. The molecule has 1 saturated carbocycles. The number of anilines is 1. The van der Waals surface area contributed by atoms with Gasteiger partial charge in [0, 0.05) is 6.04 Å². The molecule has 0 amide bonds. The Balaban J connectivity index is 1.67. The summed E-state index contributed by atoms with van der Waals surface area (Å²) in [5.41, 5.74) is 1.02. The van der Waals surface area contributed by atoms with Crippen molar-refractivity contribution >= 4 is 5.82 Å². The highest BCUT2D eigenvalue weighted by Gasteiger charge is 2.39. The van der Waals surface area contributed by atoms with Gasteiger partial charge in [0.05, 0.1) is 18.3 Å². The van der Waals surface area contributed by atoms with Crippen molar-refractivity contribution in [3.63, 3.8) is 0 Å². The fourth-order valence-electron chi connectivity index (χ4n) is 4.68. The van der Waals surface area contributed by atoms with E-state index < -0.39 is 0 Å². The van der Waals surface area contributed by atoms with Crippen LogP contribution in [-0.4, -0.2) is 30.8 Å². The van der Waals surface area contributed by atoms with Gasteiger partial charge in [-0.25, -0.2) is 9.97 Å². The van der Waals surface area contributed by atoms with Crippen molar-refractivity contribution in [3.8, 4) is 5.69 Å². The van der Waals surface area contributed by atoms with Crippen LogP contribution in [0.25, 0.3) is 5.69 Å². The van der Waals surface area contributed by atoms with Gasteiger partial charge in [-0.3, -0.25) is 4.57 Å². The standard InChI is InChI=1S/C19H25N7/c1-3-15-19-24-23-12(2)25(19)16-11-21-17(14-9-6-10-20-14)22-18(16)26(15)13-7-4-5-8-13/h6,10-11,13-15,20H,3-5,7-9H2,1-2H3/t14?,15-/m1/s1. The van der Waals surface area contributed by atoms with Gasteiger partial charge in [0.1, 0.15) is 11.5 Å². The van der Waals surface area contributed by atoms with Crippen LogP contribution in [0.2, 0.25) is 0 Å². The van der Waals surface area contributed by atoms with Crippen LogP contribution >= 0.6 is 0 Å². The summed E-state index contributed by atoms with van der Waals surface area (Å²) in [6.45, 7) is 4.24. The number of nitrogens with zero attached hydrogens (tertiary/aromatic N) is 6. The highest BCUT2D eigenvalue weighted by molar-refractivity contribution is 5.62. The number of fused-ring (bicyclic) bond motifs is 3. The first kappa shape index (κ1) is 15.8. The third-order valence-electron chi connectivity index (χ3n) is 5.94. The lowest BCUT2D eigenvalue weighted by molar-refractivity contribution is 0.465. The van der Waals surface area contributed by atoms with Crippen molar-refractivity contribution in [2.45, 2.75) is 70.5 Å². The third kappa shape index (κ3) is 2.26. The topological polar surface area (TPSA) is 71.8 Å². The zero-order valence-corrected chi connectivity index (χ0v) is 15.4. The summed E-state index contributed by atoms with van der Waals surface area (Å²) in [6, 6.07) is 0.931. The van der Waals surface area contributed by atoms with Crippen molar-refractivity contribution in [1.29, 1.82) is 0 Å². The average Bonchev–Trinajstić information content (AvgIpc) is 3.42. The number of hydrogen-bond acceptors (Lipinski definition) is 6. The van der Waals surface area contributed by atoms with Crippen molar-refractivity contribution < 1.29 is 0 Å². The SMILES string of the molecule is CC[C@@H]1c2nnc(C)n2-c2cnc(C3CC=CN3)nc2N1C1CCCC1. The van der Waals surface area contributed by atoms with Crippen LogP contribution in [-0.2, 0) is 0 Å². The summed E-state index contributed by atoms with van der Waals surface area (Å²) in [5.74, 6) is 3.86. The van der Waals surface area contributed by atoms with Crippen molar-refractivity contribution in [3.05, 3.63) is 35.9 Å². The minimum atomic E-state index is 0.175. The number of aryl methyl sites for hydroxylation is 1. The van der Waals surface area contributed by atoms with Crippen LogP contribution < -0.4 is 10.2 Å². The molecule has 7 heteroatoms. The van der Waals surface area contributed by atoms with Crippen LogP contribution in [0.15, 0.2) is 18.5 Å². The molecule has 7 nitrogen and oxygen atoms in total. The fourth-order valence-corrected chi connectivity index (χ4v) is 4.68. The first-order valence-electron chi connectivity index (χ1n) is 9.76. The van der Waals surface area contributed by atoms with Gasteiger partial charge in [0.25, 0.3) is 0 Å². The average molecular weight is 351 g/mol. The van der Waals surface area contributed by atoms with Gasteiger partial charge in [-0.2, -0.15) is 0 Å². The lowest BCUT2D eigenvalue weighted by Crippen LogP contribution is -2.42. The Kier molecular flexibility index (Phi) is 3.69. The second kappa shape index (κ2) is 6.07. The van der Waals surface area contributed by atoms with Crippen molar-refractivity contribution in [2.75, 3.05) is 4.90 Å². The Labute approximate surface area is 153 Å². The summed E-state index contributed by atoms with van der Waals surface area (Å²) in [5, 5.41) is 12.2. The molecule has 1 fully saturated rings. The van der Waals surface area contributed by atoms with E-state index in [0.29, 0.717) is 6.04 Å². The Hall–Kier alpha value is -2.44. The number of nitrogens with one attached hydrogen (secondary N) is 1. The maximum Gasteiger partial charge on any atom is 0.160 e. The summed E-state index contributed by atoms with van der Waals surface area (Å²) in [6.07, 6.45) is 13.1. The van der Waals surface area contributed by atoms with E-state index in [2.05, 4.69) is 43.0 Å². The molecule has 1 unspecified atom stereocenters. The lowest BCUT2D eigenvalue weighted by atomic mass is 10.0. The molecule has 0 bridgehead atoms. The number of hydrogen-bond donors (Lipinski definition) is 1. The van der Waals surface area contributed by atoms with Crippen LogP contribution in [0.3, 0.4) is 0 Å². The first-order valence-corrected chi connectivity index (χ1v) is 9.76. The molecule has 2 aliphatic heterocycles. The van der Waals surface area contributed by atoms with E-state index in [1.807, 2.05) is 19.3 Å². The van der Waals surface area contributed by atoms with Gasteiger partial charge in [0.15, 0.2) is 17.5 Å². The molecule has 0 spiro atoms. The van der Waals surface area contributed by atoms with Crippen LogP contribution in [0.5, 0.6) is 0 Å². The molecule has 4 heterocycles. The van der Waals surface area contributed by atoms with Gasteiger partial charge in [-0.05, 0) is 38.8 Å². The molecule has 0 radical (unpaired) electrons. The number of rotatable bonds is 3. The van der Waals surface area contributed by atoms with E-state index in [4.69, 9.17) is 4.98 Å². The van der Waals surface area contributed by atoms with E-state index in [0.717, 1.165) is 41.8 Å². The van der Waals surface area contributed by atoms with Crippen molar-refractivity contribution in [1.82, 2.24) is 30.0 Å². The van der Waals surface area contributed by atoms with E-state index in [1.165, 1.54) is 25.7 Å². The van der Waals surface area contributed by atoms with E-state index in [-0.39, 0.29) is 12.1 Å². The predicted octanol–water partition coefficient (Wildman–Crippen LogP) is 3.13. The molecule has 1 N–H and O–H groups in total. The Morgan fingerprint density at radius 3 is 2.81 bits per heavy atom. The molecule has 3 aliphatic rings. The van der Waals surface area contributed by atoms with Gasteiger partial charge in [-0.15, -0.1) is 10.2 Å².